The molecule has 1 N–H and O–H groups in total. The maximum atomic E-state index is 11.0. The molecule has 0 aromatic heterocycles. The van der Waals surface area contributed by atoms with Gasteiger partial charge in [-0.1, -0.05) is 0 Å². The number of nitrogens with zero attached hydrogens (tertiary/aromatic N) is 1. The molecular formula is C8H16N2O2. The number of methoxy groups -OCH3 is 1. The molecule has 70 valence electrons. The third kappa shape index (κ3) is 2.19. The normalized spacial score (nSPS) is 18.8. The van der Waals surface area contributed by atoms with Crippen LogP contribution in [0.5, 0.6) is 0 Å². The van der Waals surface area contributed by atoms with Gasteiger partial charge in [0.05, 0.1) is 12.5 Å². The fraction of sp³-hybridized carbons (Fsp3) is 0.875. The Kier molecular flexibility index (Phi) is 3.49. The van der Waals surface area contributed by atoms with E-state index in [1.54, 1.807) is 14.2 Å². The van der Waals surface area contributed by atoms with Gasteiger partial charge < -0.3 is 10.1 Å². The van der Waals surface area contributed by atoms with Gasteiger partial charge in [-0.05, 0) is 0 Å². The molecule has 1 saturated heterocycles. The molecule has 0 radical (unpaired) electrons. The van der Waals surface area contributed by atoms with E-state index in [2.05, 4.69) is 10.2 Å². The highest BCUT2D eigenvalue weighted by Crippen LogP contribution is 2.14. The third-order valence-corrected chi connectivity index (χ3v) is 2.19. The predicted octanol–water partition coefficient (Wildman–Crippen LogP) is -0.689. The summed E-state index contributed by atoms with van der Waals surface area (Å²) in [6, 6.07) is 0. The molecular weight excluding hydrogens is 156 g/mol. The van der Waals surface area contributed by atoms with E-state index in [1.165, 1.54) is 0 Å². The Morgan fingerprint density at radius 2 is 2.33 bits per heavy atom. The molecule has 0 atom stereocenters. The van der Waals surface area contributed by atoms with Crippen LogP contribution in [0.4, 0.5) is 0 Å². The Labute approximate surface area is 72.9 Å². The highest BCUT2D eigenvalue weighted by molar-refractivity contribution is 5.79. The van der Waals surface area contributed by atoms with Crippen LogP contribution in [0.2, 0.25) is 0 Å². The monoisotopic (exact) mass is 172 g/mol. The number of amides is 1. The van der Waals surface area contributed by atoms with E-state index < -0.39 is 0 Å². The van der Waals surface area contributed by atoms with E-state index in [-0.39, 0.29) is 11.8 Å². The van der Waals surface area contributed by atoms with Gasteiger partial charge in [0.2, 0.25) is 5.91 Å². The predicted molar refractivity (Wildman–Crippen MR) is 45.9 cm³/mol. The lowest BCUT2D eigenvalue weighted by Gasteiger charge is -2.37. The Balaban J connectivity index is 2.07. The van der Waals surface area contributed by atoms with Crippen LogP contribution in [0, 0.1) is 5.92 Å². The molecule has 1 amide bonds. The molecule has 0 spiro atoms. The van der Waals surface area contributed by atoms with E-state index in [0.717, 1.165) is 26.2 Å². The summed E-state index contributed by atoms with van der Waals surface area (Å²) in [5, 5.41) is 2.65. The number of hydrogen-bond acceptors (Lipinski definition) is 3. The smallest absolute Gasteiger partial charge is 0.225 e. The van der Waals surface area contributed by atoms with Crippen molar-refractivity contribution in [2.45, 2.75) is 0 Å². The Bertz CT molecular complexity index is 155. The number of likely N-dealkylation sites (tertiary alicyclic amines) is 1. The first-order valence-electron chi connectivity index (χ1n) is 4.20. The molecule has 4 heteroatoms. The summed E-state index contributed by atoms with van der Waals surface area (Å²) in [5.74, 6) is 0.357. The fourth-order valence-electron chi connectivity index (χ4n) is 1.34. The third-order valence-electron chi connectivity index (χ3n) is 2.19. The van der Waals surface area contributed by atoms with E-state index in [9.17, 15) is 4.79 Å². The van der Waals surface area contributed by atoms with E-state index in [0.29, 0.717) is 0 Å². The van der Waals surface area contributed by atoms with Crippen molar-refractivity contribution in [3.05, 3.63) is 0 Å². The zero-order valence-electron chi connectivity index (χ0n) is 7.67. The lowest BCUT2D eigenvalue weighted by Crippen LogP contribution is -2.53. The first-order chi connectivity index (χ1) is 5.77. The maximum absolute atomic E-state index is 11.0. The lowest BCUT2D eigenvalue weighted by molar-refractivity contribution is -0.129. The molecule has 1 rings (SSSR count). The van der Waals surface area contributed by atoms with E-state index in [4.69, 9.17) is 4.74 Å². The number of carbonyl (C=O) groups excluding carboxylic acids is 1. The van der Waals surface area contributed by atoms with Gasteiger partial charge in [0.25, 0.3) is 0 Å². The molecule has 12 heavy (non-hydrogen) atoms. The standard InChI is InChI=1S/C8H16N2O2/c1-9-8(11)7-5-10(6-7)3-4-12-2/h7H,3-6H2,1-2H3,(H,9,11). The van der Waals surface area contributed by atoms with Crippen molar-refractivity contribution in [2.24, 2.45) is 5.92 Å². The summed E-state index contributed by atoms with van der Waals surface area (Å²) in [6.45, 7) is 3.44. The van der Waals surface area contributed by atoms with Gasteiger partial charge in [0.1, 0.15) is 0 Å². The highest BCUT2D eigenvalue weighted by atomic mass is 16.5. The van der Waals surface area contributed by atoms with Crippen molar-refractivity contribution in [3.8, 4) is 0 Å². The molecule has 0 bridgehead atoms. The first-order valence-corrected chi connectivity index (χ1v) is 4.20. The van der Waals surface area contributed by atoms with Crippen LogP contribution in [-0.2, 0) is 9.53 Å². The minimum Gasteiger partial charge on any atom is -0.383 e. The summed E-state index contributed by atoms with van der Waals surface area (Å²) in [7, 11) is 3.37. The van der Waals surface area contributed by atoms with Crippen LogP contribution in [0.3, 0.4) is 0 Å². The number of ether oxygens (including phenoxy) is 1. The van der Waals surface area contributed by atoms with Crippen molar-refractivity contribution >= 4 is 5.91 Å². The van der Waals surface area contributed by atoms with Crippen LogP contribution in [0.25, 0.3) is 0 Å². The highest BCUT2D eigenvalue weighted by Gasteiger charge is 2.31. The maximum Gasteiger partial charge on any atom is 0.225 e. The molecule has 0 saturated carbocycles. The van der Waals surface area contributed by atoms with Crippen LogP contribution in [-0.4, -0.2) is 51.2 Å². The zero-order valence-corrected chi connectivity index (χ0v) is 7.67. The van der Waals surface area contributed by atoms with E-state index in [1.807, 2.05) is 0 Å². The largest absolute Gasteiger partial charge is 0.383 e. The Hall–Kier alpha value is -0.610. The summed E-state index contributed by atoms with van der Waals surface area (Å²) < 4.78 is 4.93. The molecule has 0 unspecified atom stereocenters. The summed E-state index contributed by atoms with van der Waals surface area (Å²) >= 11 is 0. The topological polar surface area (TPSA) is 41.6 Å². The summed E-state index contributed by atoms with van der Waals surface area (Å²) in [4.78, 5) is 13.3. The zero-order chi connectivity index (χ0) is 8.97. The minimum absolute atomic E-state index is 0.156. The van der Waals surface area contributed by atoms with Crippen LogP contribution in [0.1, 0.15) is 0 Å². The van der Waals surface area contributed by atoms with Crippen LogP contribution in [0.15, 0.2) is 0 Å². The summed E-state index contributed by atoms with van der Waals surface area (Å²) in [6.07, 6.45) is 0. The second-order valence-electron chi connectivity index (χ2n) is 3.06. The SMILES string of the molecule is CNC(=O)C1CN(CCOC)C1. The van der Waals surface area contributed by atoms with Crippen molar-refractivity contribution in [2.75, 3.05) is 40.4 Å². The Morgan fingerprint density at radius 1 is 1.67 bits per heavy atom. The van der Waals surface area contributed by atoms with Crippen molar-refractivity contribution in [3.63, 3.8) is 0 Å². The number of rotatable bonds is 4. The molecule has 0 aliphatic carbocycles. The number of carbonyl (C=O) groups is 1. The number of nitrogens with one attached hydrogen (secondary N) is 1. The average Bonchev–Trinajstić information content (AvgIpc) is 2.01. The molecule has 4 nitrogen and oxygen atoms in total. The second-order valence-corrected chi connectivity index (χ2v) is 3.06. The molecule has 0 aromatic carbocycles. The van der Waals surface area contributed by atoms with Crippen molar-refractivity contribution in [1.29, 1.82) is 0 Å². The minimum atomic E-state index is 0.156. The second kappa shape index (κ2) is 4.42. The van der Waals surface area contributed by atoms with Gasteiger partial charge in [-0.3, -0.25) is 9.69 Å². The summed E-state index contributed by atoms with van der Waals surface area (Å²) in [5.41, 5.74) is 0. The van der Waals surface area contributed by atoms with Crippen LogP contribution < -0.4 is 5.32 Å². The molecule has 1 aliphatic heterocycles. The van der Waals surface area contributed by atoms with Gasteiger partial charge in [0, 0.05) is 33.8 Å². The molecule has 1 heterocycles. The quantitative estimate of drug-likeness (QED) is 0.610. The van der Waals surface area contributed by atoms with Crippen molar-refractivity contribution in [1.82, 2.24) is 10.2 Å². The Morgan fingerprint density at radius 3 is 2.83 bits per heavy atom. The number of hydrogen-bond donors (Lipinski definition) is 1. The van der Waals surface area contributed by atoms with Gasteiger partial charge in [-0.15, -0.1) is 0 Å². The average molecular weight is 172 g/mol. The first kappa shape index (κ1) is 9.48. The van der Waals surface area contributed by atoms with E-state index >= 15 is 0 Å². The molecule has 1 aliphatic rings. The van der Waals surface area contributed by atoms with Crippen molar-refractivity contribution < 1.29 is 9.53 Å². The van der Waals surface area contributed by atoms with Gasteiger partial charge >= 0.3 is 0 Å². The van der Waals surface area contributed by atoms with Gasteiger partial charge in [-0.2, -0.15) is 0 Å². The molecule has 0 aromatic rings. The van der Waals surface area contributed by atoms with Crippen LogP contribution >= 0.6 is 0 Å². The lowest BCUT2D eigenvalue weighted by atomic mass is 10.00. The molecule has 1 fully saturated rings. The van der Waals surface area contributed by atoms with Gasteiger partial charge in [0.15, 0.2) is 0 Å². The van der Waals surface area contributed by atoms with Gasteiger partial charge in [-0.25, -0.2) is 0 Å². The fourth-order valence-corrected chi connectivity index (χ4v) is 1.34.